The van der Waals surface area contributed by atoms with E-state index in [0.717, 1.165) is 5.56 Å². The van der Waals surface area contributed by atoms with Crippen LogP contribution in [0.1, 0.15) is 29.1 Å². The van der Waals surface area contributed by atoms with Crippen LogP contribution in [0.4, 0.5) is 5.69 Å². The zero-order chi connectivity index (χ0) is 19.1. The summed E-state index contributed by atoms with van der Waals surface area (Å²) in [6.07, 6.45) is 0. The first-order valence-electron chi connectivity index (χ1n) is 8.24. The summed E-state index contributed by atoms with van der Waals surface area (Å²) in [5.41, 5.74) is 1.71. The second kappa shape index (κ2) is 9.15. The SMILES string of the molecule is Cc1ccc(NC(=O)COC(=O)C(NC(=O)c2cccs2)C(C)C)cc1. The molecule has 2 amide bonds. The summed E-state index contributed by atoms with van der Waals surface area (Å²) in [6.45, 7) is 5.13. The van der Waals surface area contributed by atoms with Gasteiger partial charge < -0.3 is 15.4 Å². The molecule has 0 saturated carbocycles. The first kappa shape index (κ1) is 19.7. The molecule has 138 valence electrons. The van der Waals surface area contributed by atoms with Crippen LogP contribution in [0.2, 0.25) is 0 Å². The summed E-state index contributed by atoms with van der Waals surface area (Å²) >= 11 is 1.29. The number of aryl methyl sites for hydroxylation is 1. The van der Waals surface area contributed by atoms with Gasteiger partial charge in [-0.05, 0) is 36.4 Å². The third kappa shape index (κ3) is 5.70. The lowest BCUT2D eigenvalue weighted by molar-refractivity contribution is -0.150. The Bertz CT molecular complexity index is 754. The normalized spacial score (nSPS) is 11.7. The van der Waals surface area contributed by atoms with Gasteiger partial charge in [-0.1, -0.05) is 37.6 Å². The van der Waals surface area contributed by atoms with Crippen molar-refractivity contribution in [3.05, 3.63) is 52.2 Å². The number of carbonyl (C=O) groups excluding carboxylic acids is 3. The Morgan fingerprint density at radius 3 is 2.38 bits per heavy atom. The molecule has 0 bridgehead atoms. The number of carbonyl (C=O) groups is 3. The van der Waals surface area contributed by atoms with Crippen LogP contribution in [0.3, 0.4) is 0 Å². The molecule has 0 aliphatic rings. The Labute approximate surface area is 156 Å². The Morgan fingerprint density at radius 2 is 1.81 bits per heavy atom. The highest BCUT2D eigenvalue weighted by Crippen LogP contribution is 2.11. The molecular formula is C19H22N2O4S. The van der Waals surface area contributed by atoms with Crippen molar-refractivity contribution in [3.8, 4) is 0 Å². The van der Waals surface area contributed by atoms with E-state index in [1.54, 1.807) is 43.5 Å². The number of hydrogen-bond donors (Lipinski definition) is 2. The van der Waals surface area contributed by atoms with Crippen molar-refractivity contribution in [1.29, 1.82) is 0 Å². The maximum Gasteiger partial charge on any atom is 0.329 e. The third-order valence-electron chi connectivity index (χ3n) is 3.63. The third-order valence-corrected chi connectivity index (χ3v) is 4.50. The van der Waals surface area contributed by atoms with E-state index in [1.165, 1.54) is 11.3 Å². The van der Waals surface area contributed by atoms with E-state index < -0.39 is 24.5 Å². The summed E-state index contributed by atoms with van der Waals surface area (Å²) in [5, 5.41) is 7.10. The Kier molecular flexibility index (Phi) is 6.91. The fraction of sp³-hybridized carbons (Fsp3) is 0.316. The summed E-state index contributed by atoms with van der Waals surface area (Å²) in [5.74, 6) is -1.58. The zero-order valence-electron chi connectivity index (χ0n) is 14.9. The van der Waals surface area contributed by atoms with Crippen molar-refractivity contribution in [2.24, 2.45) is 5.92 Å². The van der Waals surface area contributed by atoms with E-state index in [1.807, 2.05) is 19.1 Å². The molecule has 0 aliphatic carbocycles. The quantitative estimate of drug-likeness (QED) is 0.730. The lowest BCUT2D eigenvalue weighted by atomic mass is 10.0. The van der Waals surface area contributed by atoms with Crippen LogP contribution in [-0.4, -0.2) is 30.4 Å². The lowest BCUT2D eigenvalue weighted by Crippen LogP contribution is -2.45. The fourth-order valence-electron chi connectivity index (χ4n) is 2.18. The maximum atomic E-state index is 12.3. The molecule has 0 aliphatic heterocycles. The highest BCUT2D eigenvalue weighted by atomic mass is 32.1. The van der Waals surface area contributed by atoms with Gasteiger partial charge in [0.1, 0.15) is 6.04 Å². The van der Waals surface area contributed by atoms with E-state index >= 15 is 0 Å². The molecule has 0 saturated heterocycles. The van der Waals surface area contributed by atoms with Gasteiger partial charge in [-0.2, -0.15) is 0 Å². The van der Waals surface area contributed by atoms with Gasteiger partial charge in [-0.25, -0.2) is 4.79 Å². The molecule has 1 atom stereocenters. The van der Waals surface area contributed by atoms with Crippen LogP contribution in [0.5, 0.6) is 0 Å². The van der Waals surface area contributed by atoms with Crippen LogP contribution in [-0.2, 0) is 14.3 Å². The van der Waals surface area contributed by atoms with Gasteiger partial charge in [-0.3, -0.25) is 9.59 Å². The molecule has 1 heterocycles. The van der Waals surface area contributed by atoms with Crippen LogP contribution in [0, 0.1) is 12.8 Å². The topological polar surface area (TPSA) is 84.5 Å². The molecule has 0 radical (unpaired) electrons. The van der Waals surface area contributed by atoms with E-state index in [0.29, 0.717) is 10.6 Å². The number of thiophene rings is 1. The van der Waals surface area contributed by atoms with Crippen LogP contribution >= 0.6 is 11.3 Å². The highest BCUT2D eigenvalue weighted by molar-refractivity contribution is 7.12. The Hall–Kier alpha value is -2.67. The average Bonchev–Trinajstić information content (AvgIpc) is 3.14. The van der Waals surface area contributed by atoms with Crippen molar-refractivity contribution < 1.29 is 19.1 Å². The zero-order valence-corrected chi connectivity index (χ0v) is 15.8. The molecule has 7 heteroatoms. The van der Waals surface area contributed by atoms with E-state index in [-0.39, 0.29) is 11.8 Å². The fourth-order valence-corrected chi connectivity index (χ4v) is 2.81. The van der Waals surface area contributed by atoms with Gasteiger partial charge in [0.15, 0.2) is 6.61 Å². The maximum absolute atomic E-state index is 12.3. The van der Waals surface area contributed by atoms with Gasteiger partial charge >= 0.3 is 5.97 Å². The molecule has 6 nitrogen and oxygen atoms in total. The van der Waals surface area contributed by atoms with Crippen LogP contribution in [0.15, 0.2) is 41.8 Å². The second-order valence-corrected chi connectivity index (χ2v) is 7.14. The number of hydrogen-bond acceptors (Lipinski definition) is 5. The minimum atomic E-state index is -0.822. The van der Waals surface area contributed by atoms with Gasteiger partial charge in [0.05, 0.1) is 4.88 Å². The number of anilines is 1. The Balaban J connectivity index is 1.87. The summed E-state index contributed by atoms with van der Waals surface area (Å²) in [6, 6.07) is 9.90. The van der Waals surface area contributed by atoms with Crippen molar-refractivity contribution in [2.75, 3.05) is 11.9 Å². The van der Waals surface area contributed by atoms with Gasteiger partial charge in [0.2, 0.25) is 0 Å². The standard InChI is InChI=1S/C19H22N2O4S/c1-12(2)17(21-18(23)15-5-4-10-26-15)19(24)25-11-16(22)20-14-8-6-13(3)7-9-14/h4-10,12,17H,11H2,1-3H3,(H,20,22)(H,21,23). The molecule has 2 aromatic rings. The van der Waals surface area contributed by atoms with Gasteiger partial charge in [0.25, 0.3) is 11.8 Å². The lowest BCUT2D eigenvalue weighted by Gasteiger charge is -2.20. The summed E-state index contributed by atoms with van der Waals surface area (Å²) in [4.78, 5) is 36.9. The number of rotatable bonds is 7. The smallest absolute Gasteiger partial charge is 0.329 e. The largest absolute Gasteiger partial charge is 0.454 e. The second-order valence-electron chi connectivity index (χ2n) is 6.19. The molecule has 26 heavy (non-hydrogen) atoms. The van der Waals surface area contributed by atoms with Crippen LogP contribution in [0.25, 0.3) is 0 Å². The van der Waals surface area contributed by atoms with Crippen molar-refractivity contribution in [2.45, 2.75) is 26.8 Å². The number of esters is 1. The van der Waals surface area contributed by atoms with Gasteiger partial charge in [0, 0.05) is 5.69 Å². The molecule has 2 rings (SSSR count). The molecule has 2 N–H and O–H groups in total. The predicted molar refractivity (Wildman–Crippen MR) is 101 cm³/mol. The first-order valence-corrected chi connectivity index (χ1v) is 9.12. The number of ether oxygens (including phenoxy) is 1. The predicted octanol–water partition coefficient (Wildman–Crippen LogP) is 2.99. The van der Waals surface area contributed by atoms with Crippen LogP contribution < -0.4 is 10.6 Å². The minimum Gasteiger partial charge on any atom is -0.454 e. The van der Waals surface area contributed by atoms with Gasteiger partial charge in [-0.15, -0.1) is 11.3 Å². The Morgan fingerprint density at radius 1 is 1.12 bits per heavy atom. The van der Waals surface area contributed by atoms with E-state index in [4.69, 9.17) is 4.74 Å². The van der Waals surface area contributed by atoms with Crippen molar-refractivity contribution in [1.82, 2.24) is 5.32 Å². The van der Waals surface area contributed by atoms with Crippen molar-refractivity contribution >= 4 is 34.8 Å². The monoisotopic (exact) mass is 374 g/mol. The number of nitrogens with one attached hydrogen (secondary N) is 2. The molecule has 0 spiro atoms. The molecule has 1 unspecified atom stereocenters. The van der Waals surface area contributed by atoms with Crippen molar-refractivity contribution in [3.63, 3.8) is 0 Å². The number of amides is 2. The molecule has 1 aromatic heterocycles. The molecule has 1 aromatic carbocycles. The van der Waals surface area contributed by atoms with E-state index in [2.05, 4.69) is 10.6 Å². The molecular weight excluding hydrogens is 352 g/mol. The minimum absolute atomic E-state index is 0.174. The summed E-state index contributed by atoms with van der Waals surface area (Å²) in [7, 11) is 0. The first-order chi connectivity index (χ1) is 12.4. The highest BCUT2D eigenvalue weighted by Gasteiger charge is 2.27. The van der Waals surface area contributed by atoms with E-state index in [9.17, 15) is 14.4 Å². The molecule has 0 fully saturated rings. The number of benzene rings is 1. The summed E-state index contributed by atoms with van der Waals surface area (Å²) < 4.78 is 5.08. The average molecular weight is 374 g/mol.